The van der Waals surface area contributed by atoms with Crippen molar-refractivity contribution in [2.75, 3.05) is 32.7 Å². The van der Waals surface area contributed by atoms with Crippen LogP contribution in [0.5, 0.6) is 0 Å². The van der Waals surface area contributed by atoms with Gasteiger partial charge >= 0.3 is 12.0 Å². The Hall–Kier alpha value is -1.30. The molecule has 3 rings (SSSR count). The molecule has 21 heavy (non-hydrogen) atoms. The van der Waals surface area contributed by atoms with Gasteiger partial charge in [-0.15, -0.1) is 0 Å². The average molecular weight is 295 g/mol. The Bertz CT molecular complexity index is 403. The third-order valence-corrected chi connectivity index (χ3v) is 4.98. The molecule has 0 aromatic carbocycles. The number of aliphatic carboxylic acids is 1. The molecule has 1 aliphatic heterocycles. The predicted molar refractivity (Wildman–Crippen MR) is 78.0 cm³/mol. The van der Waals surface area contributed by atoms with Gasteiger partial charge in [0.1, 0.15) is 0 Å². The molecule has 118 valence electrons. The van der Waals surface area contributed by atoms with Gasteiger partial charge < -0.3 is 15.3 Å². The van der Waals surface area contributed by atoms with Gasteiger partial charge in [0.15, 0.2) is 0 Å². The predicted octanol–water partition coefficient (Wildman–Crippen LogP) is 0.977. The minimum absolute atomic E-state index is 0.0166. The average Bonchev–Trinajstić information content (AvgIpc) is 3.15. The Labute approximate surface area is 125 Å². The summed E-state index contributed by atoms with van der Waals surface area (Å²) >= 11 is 0. The second-order valence-electron chi connectivity index (χ2n) is 6.73. The van der Waals surface area contributed by atoms with Crippen LogP contribution in [-0.2, 0) is 4.79 Å². The first-order valence-corrected chi connectivity index (χ1v) is 8.12. The molecule has 2 saturated carbocycles. The summed E-state index contributed by atoms with van der Waals surface area (Å²) in [6.07, 6.45) is 4.77. The first-order chi connectivity index (χ1) is 10.1. The van der Waals surface area contributed by atoms with Gasteiger partial charge in [0.05, 0.1) is 5.92 Å². The van der Waals surface area contributed by atoms with Gasteiger partial charge in [0.25, 0.3) is 0 Å². The maximum Gasteiger partial charge on any atom is 0.317 e. The fourth-order valence-corrected chi connectivity index (χ4v) is 3.40. The van der Waals surface area contributed by atoms with Gasteiger partial charge in [-0.1, -0.05) is 0 Å². The summed E-state index contributed by atoms with van der Waals surface area (Å²) in [5.74, 6) is -0.122. The lowest BCUT2D eigenvalue weighted by atomic mass is 10.1. The lowest BCUT2D eigenvalue weighted by molar-refractivity contribution is -0.141. The van der Waals surface area contributed by atoms with Crippen molar-refractivity contribution in [3.8, 4) is 0 Å². The van der Waals surface area contributed by atoms with Crippen LogP contribution in [-0.4, -0.2) is 65.7 Å². The molecular weight excluding hydrogens is 270 g/mol. The number of carbonyl (C=O) groups is 2. The molecule has 0 spiro atoms. The largest absolute Gasteiger partial charge is 0.481 e. The van der Waals surface area contributed by atoms with Gasteiger partial charge in [0, 0.05) is 38.8 Å². The van der Waals surface area contributed by atoms with Gasteiger partial charge in [-0.2, -0.15) is 0 Å². The third-order valence-electron chi connectivity index (χ3n) is 4.98. The summed E-state index contributed by atoms with van der Waals surface area (Å²) in [5, 5.41) is 12.0. The number of hydrogen-bond acceptors (Lipinski definition) is 3. The maximum atomic E-state index is 12.2. The zero-order valence-electron chi connectivity index (χ0n) is 12.5. The Morgan fingerprint density at radius 2 is 1.76 bits per heavy atom. The molecule has 2 atom stereocenters. The van der Waals surface area contributed by atoms with Crippen molar-refractivity contribution >= 4 is 12.0 Å². The fourth-order valence-electron chi connectivity index (χ4n) is 3.40. The minimum Gasteiger partial charge on any atom is -0.481 e. The van der Waals surface area contributed by atoms with E-state index in [2.05, 4.69) is 10.2 Å². The number of carbonyl (C=O) groups excluding carboxylic acids is 1. The third kappa shape index (κ3) is 3.87. The number of nitrogens with one attached hydrogen (secondary N) is 1. The SMILES string of the molecule is O=C(O)C1CCC(NC(=O)N2CCN(CC3CC3)CC2)C1. The molecule has 3 fully saturated rings. The smallest absolute Gasteiger partial charge is 0.317 e. The summed E-state index contributed by atoms with van der Waals surface area (Å²) < 4.78 is 0. The maximum absolute atomic E-state index is 12.2. The molecule has 2 amide bonds. The zero-order valence-corrected chi connectivity index (χ0v) is 12.5. The monoisotopic (exact) mass is 295 g/mol. The van der Waals surface area contributed by atoms with Crippen LogP contribution in [0.25, 0.3) is 0 Å². The van der Waals surface area contributed by atoms with E-state index in [1.807, 2.05) is 4.90 Å². The van der Waals surface area contributed by atoms with E-state index in [4.69, 9.17) is 5.11 Å². The zero-order chi connectivity index (χ0) is 14.8. The number of piperazine rings is 1. The minimum atomic E-state index is -0.736. The number of amides is 2. The Kier molecular flexibility index (Phi) is 4.33. The lowest BCUT2D eigenvalue weighted by Crippen LogP contribution is -2.53. The standard InChI is InChI=1S/C15H25N3O3/c19-14(20)12-3-4-13(9-12)16-15(21)18-7-5-17(6-8-18)10-11-1-2-11/h11-13H,1-10H2,(H,16,21)(H,19,20). The molecule has 1 heterocycles. The van der Waals surface area contributed by atoms with Crippen LogP contribution < -0.4 is 5.32 Å². The van der Waals surface area contributed by atoms with Crippen molar-refractivity contribution < 1.29 is 14.7 Å². The molecule has 0 bridgehead atoms. The van der Waals surface area contributed by atoms with Crippen LogP contribution in [0.15, 0.2) is 0 Å². The second-order valence-corrected chi connectivity index (χ2v) is 6.73. The summed E-state index contributed by atoms with van der Waals surface area (Å²) in [7, 11) is 0. The van der Waals surface area contributed by atoms with Crippen LogP contribution in [0, 0.1) is 11.8 Å². The molecule has 0 radical (unpaired) electrons. The molecule has 6 nitrogen and oxygen atoms in total. The summed E-state index contributed by atoms with van der Waals surface area (Å²) in [6.45, 7) is 4.69. The highest BCUT2D eigenvalue weighted by atomic mass is 16.4. The summed E-state index contributed by atoms with van der Waals surface area (Å²) in [5.41, 5.74) is 0. The van der Waals surface area contributed by atoms with Crippen molar-refractivity contribution in [2.45, 2.75) is 38.1 Å². The number of hydrogen-bond donors (Lipinski definition) is 2. The van der Waals surface area contributed by atoms with Crippen LogP contribution in [0.3, 0.4) is 0 Å². The van der Waals surface area contributed by atoms with Crippen molar-refractivity contribution in [1.82, 2.24) is 15.1 Å². The van der Waals surface area contributed by atoms with Crippen LogP contribution in [0.1, 0.15) is 32.1 Å². The van der Waals surface area contributed by atoms with Crippen molar-refractivity contribution in [1.29, 1.82) is 0 Å². The summed E-state index contributed by atoms with van der Waals surface area (Å²) in [6, 6.07) is 0.0141. The van der Waals surface area contributed by atoms with Crippen molar-refractivity contribution in [3.63, 3.8) is 0 Å². The Balaban J connectivity index is 1.39. The molecule has 2 unspecified atom stereocenters. The first kappa shape index (κ1) is 14.6. The highest BCUT2D eigenvalue weighted by molar-refractivity contribution is 5.75. The number of carboxylic acids is 1. The van der Waals surface area contributed by atoms with Crippen molar-refractivity contribution in [2.24, 2.45) is 11.8 Å². The molecule has 6 heteroatoms. The second kappa shape index (κ2) is 6.22. The van der Waals surface area contributed by atoms with Gasteiger partial charge in [0.2, 0.25) is 0 Å². The first-order valence-electron chi connectivity index (χ1n) is 8.12. The quantitative estimate of drug-likeness (QED) is 0.811. The molecule has 2 aliphatic carbocycles. The number of urea groups is 1. The van der Waals surface area contributed by atoms with E-state index in [0.29, 0.717) is 12.8 Å². The molecule has 0 aromatic rings. The van der Waals surface area contributed by atoms with Crippen LogP contribution in [0.4, 0.5) is 4.79 Å². The number of rotatable bonds is 4. The van der Waals surface area contributed by atoms with Gasteiger partial charge in [-0.25, -0.2) is 4.79 Å². The van der Waals surface area contributed by atoms with Crippen LogP contribution >= 0.6 is 0 Å². The molecule has 2 N–H and O–H groups in total. The van der Waals surface area contributed by atoms with E-state index < -0.39 is 5.97 Å². The van der Waals surface area contributed by atoms with Gasteiger partial charge in [-0.3, -0.25) is 9.69 Å². The van der Waals surface area contributed by atoms with E-state index in [1.54, 1.807) is 0 Å². The van der Waals surface area contributed by atoms with E-state index in [9.17, 15) is 9.59 Å². The molecular formula is C15H25N3O3. The molecule has 1 saturated heterocycles. The Morgan fingerprint density at radius 1 is 1.05 bits per heavy atom. The fraction of sp³-hybridized carbons (Fsp3) is 0.867. The topological polar surface area (TPSA) is 72.9 Å². The van der Waals surface area contributed by atoms with Gasteiger partial charge in [-0.05, 0) is 38.0 Å². The highest BCUT2D eigenvalue weighted by Gasteiger charge is 2.32. The highest BCUT2D eigenvalue weighted by Crippen LogP contribution is 2.30. The number of nitrogens with zero attached hydrogens (tertiary/aromatic N) is 2. The van der Waals surface area contributed by atoms with Crippen LogP contribution in [0.2, 0.25) is 0 Å². The van der Waals surface area contributed by atoms with E-state index in [0.717, 1.165) is 38.5 Å². The van der Waals surface area contributed by atoms with E-state index >= 15 is 0 Å². The normalized spacial score (nSPS) is 30.4. The molecule has 0 aromatic heterocycles. The Morgan fingerprint density at radius 3 is 2.33 bits per heavy atom. The number of carboxylic acid groups (broad SMARTS) is 1. The lowest BCUT2D eigenvalue weighted by Gasteiger charge is -2.35. The van der Waals surface area contributed by atoms with E-state index in [1.165, 1.54) is 19.4 Å². The summed E-state index contributed by atoms with van der Waals surface area (Å²) in [4.78, 5) is 27.5. The van der Waals surface area contributed by atoms with E-state index in [-0.39, 0.29) is 18.0 Å². The van der Waals surface area contributed by atoms with Crippen molar-refractivity contribution in [3.05, 3.63) is 0 Å². The molecule has 3 aliphatic rings.